The summed E-state index contributed by atoms with van der Waals surface area (Å²) >= 11 is 0. The molecule has 0 radical (unpaired) electrons. The predicted octanol–water partition coefficient (Wildman–Crippen LogP) is 12.4. The van der Waals surface area contributed by atoms with E-state index in [2.05, 4.69) is 31.3 Å². The molecule has 0 aliphatic rings. The lowest BCUT2D eigenvalue weighted by atomic mass is 10.0. The number of hydrogen-bond donors (Lipinski definition) is 4. The number of aliphatic hydroxyl groups excluding tert-OH is 3. The fraction of sp³-hybridized carbons (Fsp3) is 0.844. The van der Waals surface area contributed by atoms with Gasteiger partial charge in [0, 0.05) is 0 Å². The molecule has 4 N–H and O–H groups in total. The fourth-order valence-electron chi connectivity index (χ4n) is 6.57. The van der Waals surface area contributed by atoms with Crippen LogP contribution >= 0.6 is 0 Å². The number of rotatable bonds is 39. The van der Waals surface area contributed by atoms with E-state index < -0.39 is 18.2 Å². The van der Waals surface area contributed by atoms with Crippen LogP contribution in [0.5, 0.6) is 0 Å². The number of aliphatic hydroxyl groups is 3. The second kappa shape index (κ2) is 40.3. The number of hydrogen-bond acceptors (Lipinski definition) is 4. The Morgan fingerprint density at radius 1 is 0.500 bits per heavy atom. The molecule has 1 amide bonds. The van der Waals surface area contributed by atoms with Crippen molar-refractivity contribution in [3.05, 3.63) is 36.5 Å². The standard InChI is InChI=1S/C45H85NO4/c1-3-5-7-9-11-13-15-16-17-18-19-20-21-22-23-24-25-26-27-29-31-33-35-37-39-44(49)43(41-47)46-45(50)40-42(48)38-36-34-32-30-28-14-12-10-8-6-4-2/h30,32,36-39,42-44,47-49H,3-29,31,33-35,40-41H2,1-2H3,(H,46,50)/b32-30-,38-36-,39-37+. The van der Waals surface area contributed by atoms with E-state index in [1.54, 1.807) is 12.2 Å². The second-order valence-corrected chi connectivity index (χ2v) is 15.0. The summed E-state index contributed by atoms with van der Waals surface area (Å²) in [6.45, 7) is 4.17. The molecule has 0 fully saturated rings. The Kier molecular flexibility index (Phi) is 39.2. The molecule has 0 saturated heterocycles. The van der Waals surface area contributed by atoms with Crippen LogP contribution in [0.3, 0.4) is 0 Å². The van der Waals surface area contributed by atoms with Crippen molar-refractivity contribution in [2.45, 2.75) is 238 Å². The summed E-state index contributed by atoms with van der Waals surface area (Å²) in [5.74, 6) is -0.383. The largest absolute Gasteiger partial charge is 0.394 e. The third kappa shape index (κ3) is 36.4. The number of carbonyl (C=O) groups is 1. The highest BCUT2D eigenvalue weighted by molar-refractivity contribution is 5.77. The molecule has 0 bridgehead atoms. The summed E-state index contributed by atoms with van der Waals surface area (Å²) in [6, 6.07) is -0.774. The summed E-state index contributed by atoms with van der Waals surface area (Å²) < 4.78 is 0. The van der Waals surface area contributed by atoms with Crippen molar-refractivity contribution in [3.63, 3.8) is 0 Å². The first-order chi connectivity index (χ1) is 24.5. The quantitative estimate of drug-likeness (QED) is 0.0379. The van der Waals surface area contributed by atoms with Gasteiger partial charge < -0.3 is 20.6 Å². The molecule has 0 spiro atoms. The van der Waals surface area contributed by atoms with E-state index in [1.165, 1.54) is 173 Å². The molecule has 5 nitrogen and oxygen atoms in total. The molecule has 3 atom stereocenters. The Bertz CT molecular complexity index is 779. The van der Waals surface area contributed by atoms with E-state index in [9.17, 15) is 20.1 Å². The van der Waals surface area contributed by atoms with Crippen LogP contribution < -0.4 is 5.32 Å². The highest BCUT2D eigenvalue weighted by atomic mass is 16.3. The molecule has 3 unspecified atom stereocenters. The zero-order chi connectivity index (χ0) is 36.6. The first kappa shape index (κ1) is 48.6. The summed E-state index contributed by atoms with van der Waals surface area (Å²) in [5.41, 5.74) is 0. The van der Waals surface area contributed by atoms with Gasteiger partial charge in [-0.15, -0.1) is 0 Å². The first-order valence-corrected chi connectivity index (χ1v) is 21.8. The summed E-state index contributed by atoms with van der Waals surface area (Å²) in [4.78, 5) is 12.3. The molecule has 0 aromatic heterocycles. The predicted molar refractivity (Wildman–Crippen MR) is 218 cm³/mol. The van der Waals surface area contributed by atoms with E-state index in [-0.39, 0.29) is 18.9 Å². The molecule has 0 aliphatic heterocycles. The SMILES string of the molecule is CCCCCCCC/C=C\C/C=C\C(O)CC(=O)NC(CO)C(O)/C=C/CCCCCCCCCCCCCCCCCCCCCCCC. The van der Waals surface area contributed by atoms with Crippen molar-refractivity contribution in [2.75, 3.05) is 6.61 Å². The van der Waals surface area contributed by atoms with Crippen molar-refractivity contribution < 1.29 is 20.1 Å². The van der Waals surface area contributed by atoms with Gasteiger partial charge in [0.1, 0.15) is 0 Å². The van der Waals surface area contributed by atoms with Gasteiger partial charge in [0.05, 0.1) is 31.3 Å². The molecule has 5 heteroatoms. The number of carbonyl (C=O) groups excluding carboxylic acids is 1. The number of amides is 1. The van der Waals surface area contributed by atoms with E-state index in [1.807, 2.05) is 12.2 Å². The van der Waals surface area contributed by atoms with Crippen LogP contribution in [0.4, 0.5) is 0 Å². The van der Waals surface area contributed by atoms with Crippen molar-refractivity contribution in [1.29, 1.82) is 0 Å². The third-order valence-electron chi connectivity index (χ3n) is 9.93. The smallest absolute Gasteiger partial charge is 0.223 e. The molecule has 0 heterocycles. The van der Waals surface area contributed by atoms with Gasteiger partial charge in [-0.3, -0.25) is 4.79 Å². The Labute approximate surface area is 311 Å². The summed E-state index contributed by atoms with van der Waals surface area (Å²) in [7, 11) is 0. The molecule has 294 valence electrons. The van der Waals surface area contributed by atoms with Crippen LogP contribution in [0.15, 0.2) is 36.5 Å². The van der Waals surface area contributed by atoms with E-state index >= 15 is 0 Å². The number of nitrogens with one attached hydrogen (secondary N) is 1. The minimum absolute atomic E-state index is 0.0929. The first-order valence-electron chi connectivity index (χ1n) is 21.8. The maximum Gasteiger partial charge on any atom is 0.223 e. The van der Waals surface area contributed by atoms with Crippen LogP contribution in [-0.2, 0) is 4.79 Å². The van der Waals surface area contributed by atoms with Gasteiger partial charge >= 0.3 is 0 Å². The third-order valence-corrected chi connectivity index (χ3v) is 9.93. The van der Waals surface area contributed by atoms with E-state index in [0.29, 0.717) is 0 Å². The van der Waals surface area contributed by atoms with Gasteiger partial charge in [-0.2, -0.15) is 0 Å². The lowest BCUT2D eigenvalue weighted by Crippen LogP contribution is -2.45. The molecular weight excluding hydrogens is 618 g/mol. The molecular formula is C45H85NO4. The highest BCUT2D eigenvalue weighted by Crippen LogP contribution is 2.16. The maximum absolute atomic E-state index is 12.3. The number of unbranched alkanes of at least 4 members (excludes halogenated alkanes) is 28. The van der Waals surface area contributed by atoms with Crippen LogP contribution in [-0.4, -0.2) is 46.1 Å². The topological polar surface area (TPSA) is 89.8 Å². The molecule has 0 aromatic rings. The zero-order valence-electron chi connectivity index (χ0n) is 33.3. The van der Waals surface area contributed by atoms with E-state index in [0.717, 1.165) is 25.7 Å². The van der Waals surface area contributed by atoms with Gasteiger partial charge in [-0.25, -0.2) is 0 Å². The molecule has 0 rings (SSSR count). The van der Waals surface area contributed by atoms with E-state index in [4.69, 9.17) is 0 Å². The van der Waals surface area contributed by atoms with Crippen molar-refractivity contribution in [2.24, 2.45) is 0 Å². The average Bonchev–Trinajstić information content (AvgIpc) is 3.11. The maximum atomic E-state index is 12.3. The Hall–Kier alpha value is -1.43. The minimum Gasteiger partial charge on any atom is -0.394 e. The van der Waals surface area contributed by atoms with Gasteiger partial charge in [-0.1, -0.05) is 217 Å². The van der Waals surface area contributed by atoms with Gasteiger partial charge in [-0.05, 0) is 32.1 Å². The Morgan fingerprint density at radius 3 is 1.28 bits per heavy atom. The van der Waals surface area contributed by atoms with Gasteiger partial charge in [0.15, 0.2) is 0 Å². The van der Waals surface area contributed by atoms with Gasteiger partial charge in [0.25, 0.3) is 0 Å². The van der Waals surface area contributed by atoms with Crippen LogP contribution in [0.1, 0.15) is 219 Å². The van der Waals surface area contributed by atoms with Crippen LogP contribution in [0, 0.1) is 0 Å². The van der Waals surface area contributed by atoms with Crippen LogP contribution in [0.2, 0.25) is 0 Å². The zero-order valence-corrected chi connectivity index (χ0v) is 33.3. The lowest BCUT2D eigenvalue weighted by molar-refractivity contribution is -0.124. The molecule has 0 saturated carbocycles. The molecule has 0 aliphatic carbocycles. The number of allylic oxidation sites excluding steroid dienone is 4. The normalized spacial score (nSPS) is 13.9. The Balaban J connectivity index is 3.67. The van der Waals surface area contributed by atoms with Crippen molar-refractivity contribution in [3.8, 4) is 0 Å². The second-order valence-electron chi connectivity index (χ2n) is 15.0. The van der Waals surface area contributed by atoms with Crippen molar-refractivity contribution in [1.82, 2.24) is 5.32 Å². The van der Waals surface area contributed by atoms with Gasteiger partial charge in [0.2, 0.25) is 5.91 Å². The lowest BCUT2D eigenvalue weighted by Gasteiger charge is -2.20. The summed E-state index contributed by atoms with van der Waals surface area (Å²) in [5, 5.41) is 33.0. The monoisotopic (exact) mass is 704 g/mol. The minimum atomic E-state index is -0.951. The average molecular weight is 704 g/mol. The Morgan fingerprint density at radius 2 is 0.880 bits per heavy atom. The van der Waals surface area contributed by atoms with Crippen LogP contribution in [0.25, 0.3) is 0 Å². The highest BCUT2D eigenvalue weighted by Gasteiger charge is 2.19. The summed E-state index contributed by atoms with van der Waals surface area (Å²) in [6.07, 6.45) is 50.3. The molecule has 0 aromatic carbocycles. The molecule has 50 heavy (non-hydrogen) atoms. The van der Waals surface area contributed by atoms with Crippen molar-refractivity contribution >= 4 is 5.91 Å². The fourth-order valence-corrected chi connectivity index (χ4v) is 6.57.